The van der Waals surface area contributed by atoms with Crippen molar-refractivity contribution in [3.63, 3.8) is 0 Å². The second-order valence-corrected chi connectivity index (χ2v) is 7.49. The summed E-state index contributed by atoms with van der Waals surface area (Å²) >= 11 is 0. The smallest absolute Gasteiger partial charge is 0.236 e. The molecular formula is C29H38N2O3. The molecule has 3 rings (SSSR count). The molecule has 5 nitrogen and oxygen atoms in total. The highest BCUT2D eigenvalue weighted by molar-refractivity contribution is 5.81. The van der Waals surface area contributed by atoms with Gasteiger partial charge in [-0.3, -0.25) is 4.79 Å². The second kappa shape index (κ2) is 17.3. The minimum Gasteiger partial charge on any atom is -0.380 e. The molecule has 1 aliphatic heterocycles. The molecule has 182 valence electrons. The highest BCUT2D eigenvalue weighted by atomic mass is 16.5. The molecule has 34 heavy (non-hydrogen) atoms. The monoisotopic (exact) mass is 462 g/mol. The van der Waals surface area contributed by atoms with E-state index in [-0.39, 0.29) is 18.1 Å². The number of hydrogen-bond donors (Lipinski definition) is 2. The van der Waals surface area contributed by atoms with Crippen molar-refractivity contribution in [1.29, 1.82) is 0 Å². The number of amides is 1. The molecule has 5 heteroatoms. The van der Waals surface area contributed by atoms with Gasteiger partial charge in [-0.2, -0.15) is 0 Å². The molecule has 0 radical (unpaired) electrons. The van der Waals surface area contributed by atoms with Crippen molar-refractivity contribution in [1.82, 2.24) is 10.6 Å². The lowest BCUT2D eigenvalue weighted by Gasteiger charge is -2.11. The zero-order chi connectivity index (χ0) is 25.2. The third kappa shape index (κ3) is 10.6. The first kappa shape index (κ1) is 28.9. The van der Waals surface area contributed by atoms with Crippen LogP contribution in [0.15, 0.2) is 73.8 Å². The van der Waals surface area contributed by atoms with E-state index in [9.17, 15) is 4.79 Å². The summed E-state index contributed by atoms with van der Waals surface area (Å²) in [5, 5.41) is 5.85. The lowest BCUT2D eigenvalue weighted by molar-refractivity contribution is -0.122. The van der Waals surface area contributed by atoms with Crippen LogP contribution in [0.4, 0.5) is 0 Å². The van der Waals surface area contributed by atoms with Crippen LogP contribution in [0.3, 0.4) is 0 Å². The zero-order valence-electron chi connectivity index (χ0n) is 20.9. The van der Waals surface area contributed by atoms with Gasteiger partial charge in [0.15, 0.2) is 0 Å². The van der Waals surface area contributed by atoms with Crippen LogP contribution in [0.25, 0.3) is 0 Å². The summed E-state index contributed by atoms with van der Waals surface area (Å²) in [7, 11) is 3.34. The van der Waals surface area contributed by atoms with E-state index < -0.39 is 0 Å². The van der Waals surface area contributed by atoms with Crippen LogP contribution in [0.1, 0.15) is 42.5 Å². The van der Waals surface area contributed by atoms with E-state index in [1.807, 2.05) is 74.5 Å². The van der Waals surface area contributed by atoms with Crippen LogP contribution >= 0.6 is 0 Å². The lowest BCUT2D eigenvalue weighted by Crippen LogP contribution is -2.38. The number of allylic oxidation sites excluding steroid dienone is 2. The molecule has 1 amide bonds. The van der Waals surface area contributed by atoms with Crippen molar-refractivity contribution in [2.24, 2.45) is 0 Å². The highest BCUT2D eigenvalue weighted by Gasteiger charge is 2.29. The van der Waals surface area contributed by atoms with E-state index >= 15 is 0 Å². The molecule has 0 aliphatic carbocycles. The van der Waals surface area contributed by atoms with Crippen LogP contribution in [0.5, 0.6) is 0 Å². The third-order valence-electron chi connectivity index (χ3n) is 5.04. The van der Waals surface area contributed by atoms with Crippen LogP contribution < -0.4 is 10.6 Å². The van der Waals surface area contributed by atoms with Crippen LogP contribution in [0.2, 0.25) is 0 Å². The van der Waals surface area contributed by atoms with E-state index in [0.29, 0.717) is 26.2 Å². The fraction of sp³-hybridized carbons (Fsp3) is 0.345. The second-order valence-electron chi connectivity index (χ2n) is 7.49. The summed E-state index contributed by atoms with van der Waals surface area (Å²) in [6.45, 7) is 11.8. The van der Waals surface area contributed by atoms with Gasteiger partial charge in [0.05, 0.1) is 25.4 Å². The minimum absolute atomic E-state index is 0.0161. The molecule has 2 atom stereocenters. The predicted molar refractivity (Wildman–Crippen MR) is 140 cm³/mol. The van der Waals surface area contributed by atoms with Crippen LogP contribution in [-0.2, 0) is 27.5 Å². The maximum Gasteiger partial charge on any atom is 0.236 e. The van der Waals surface area contributed by atoms with Gasteiger partial charge in [0.2, 0.25) is 5.91 Å². The molecule has 0 bridgehead atoms. The Kier molecular flexibility index (Phi) is 14.7. The third-order valence-corrected chi connectivity index (χ3v) is 5.04. The van der Waals surface area contributed by atoms with Gasteiger partial charge in [0.25, 0.3) is 0 Å². The number of benzene rings is 2. The van der Waals surface area contributed by atoms with Gasteiger partial charge in [0, 0.05) is 31.8 Å². The van der Waals surface area contributed by atoms with Crippen molar-refractivity contribution in [2.75, 3.05) is 20.7 Å². The Balaban J connectivity index is 0.000000872. The SMILES string of the molecule is C/C=C\C.C=C.CNC(=O)C1CC(OCc2ccc(C#Cc3ccc(COC)cc3)cc2)CN1. The minimum atomic E-state index is -0.156. The molecule has 1 aliphatic rings. The van der Waals surface area contributed by atoms with Gasteiger partial charge in [-0.15, -0.1) is 13.2 Å². The Hall–Kier alpha value is -3.17. The summed E-state index contributed by atoms with van der Waals surface area (Å²) in [6, 6.07) is 16.0. The first-order valence-corrected chi connectivity index (χ1v) is 11.4. The number of nitrogens with one attached hydrogen (secondary N) is 2. The fourth-order valence-corrected chi connectivity index (χ4v) is 3.10. The number of hydrogen-bond acceptors (Lipinski definition) is 4. The number of likely N-dealkylation sites (N-methyl/N-ethyl adjacent to an activating group) is 1. The molecule has 1 saturated heterocycles. The Bertz CT molecular complexity index is 921. The summed E-state index contributed by atoms with van der Waals surface area (Å²) < 4.78 is 11.0. The first-order valence-electron chi connectivity index (χ1n) is 11.4. The maximum absolute atomic E-state index is 11.6. The molecule has 0 saturated carbocycles. The Morgan fingerprint density at radius 3 is 1.94 bits per heavy atom. The highest BCUT2D eigenvalue weighted by Crippen LogP contribution is 2.14. The van der Waals surface area contributed by atoms with Crippen LogP contribution in [0, 0.1) is 11.8 Å². The maximum atomic E-state index is 11.6. The Labute approximate surface area is 205 Å². The molecule has 2 aromatic rings. The van der Waals surface area contributed by atoms with Gasteiger partial charge in [-0.1, -0.05) is 48.3 Å². The largest absolute Gasteiger partial charge is 0.380 e. The van der Waals surface area contributed by atoms with Gasteiger partial charge in [-0.05, 0) is 55.7 Å². The summed E-state index contributed by atoms with van der Waals surface area (Å²) in [5.74, 6) is 6.38. The van der Waals surface area contributed by atoms with Crippen molar-refractivity contribution < 1.29 is 14.3 Å². The van der Waals surface area contributed by atoms with E-state index in [0.717, 1.165) is 22.3 Å². The molecule has 0 aromatic heterocycles. The normalized spacial score (nSPS) is 16.4. The molecule has 0 spiro atoms. The Morgan fingerprint density at radius 1 is 1.00 bits per heavy atom. The number of carbonyl (C=O) groups excluding carboxylic acids is 1. The molecule has 2 unspecified atom stereocenters. The average molecular weight is 463 g/mol. The number of rotatable bonds is 6. The van der Waals surface area contributed by atoms with Crippen molar-refractivity contribution in [3.05, 3.63) is 96.1 Å². The average Bonchev–Trinajstić information content (AvgIpc) is 3.38. The van der Waals surface area contributed by atoms with E-state index in [4.69, 9.17) is 9.47 Å². The Morgan fingerprint density at radius 2 is 1.50 bits per heavy atom. The van der Waals surface area contributed by atoms with Gasteiger partial charge in [0.1, 0.15) is 0 Å². The molecule has 1 heterocycles. The van der Waals surface area contributed by atoms with E-state index in [1.54, 1.807) is 14.2 Å². The van der Waals surface area contributed by atoms with Gasteiger partial charge < -0.3 is 20.1 Å². The van der Waals surface area contributed by atoms with Gasteiger partial charge >= 0.3 is 0 Å². The molecule has 2 N–H and O–H groups in total. The number of ether oxygens (including phenoxy) is 2. The number of carbonyl (C=O) groups is 1. The van der Waals surface area contributed by atoms with Crippen molar-refractivity contribution >= 4 is 5.91 Å². The van der Waals surface area contributed by atoms with Crippen LogP contribution in [-0.4, -0.2) is 38.8 Å². The first-order chi connectivity index (χ1) is 16.6. The summed E-state index contributed by atoms with van der Waals surface area (Å²) in [4.78, 5) is 11.6. The van der Waals surface area contributed by atoms with Crippen molar-refractivity contribution in [3.8, 4) is 11.8 Å². The van der Waals surface area contributed by atoms with E-state index in [1.165, 1.54) is 0 Å². The van der Waals surface area contributed by atoms with Crippen molar-refractivity contribution in [2.45, 2.75) is 45.6 Å². The zero-order valence-corrected chi connectivity index (χ0v) is 20.9. The number of methoxy groups -OCH3 is 1. The fourth-order valence-electron chi connectivity index (χ4n) is 3.10. The topological polar surface area (TPSA) is 59.6 Å². The molecular weight excluding hydrogens is 424 g/mol. The molecule has 1 fully saturated rings. The lowest BCUT2D eigenvalue weighted by atomic mass is 10.1. The molecule has 2 aromatic carbocycles. The summed E-state index contributed by atoms with van der Waals surface area (Å²) in [5.41, 5.74) is 4.17. The summed E-state index contributed by atoms with van der Waals surface area (Å²) in [6.07, 6.45) is 4.76. The van der Waals surface area contributed by atoms with E-state index in [2.05, 4.69) is 35.6 Å². The predicted octanol–water partition coefficient (Wildman–Crippen LogP) is 4.61. The standard InChI is InChI=1S/C23H26N2O3.C4H8.C2H4/c1-24-23(26)22-13-21(14-25-22)28-16-20-11-7-18(8-12-20)4-3-17-5-9-19(10-6-17)15-27-2;1-3-4-2;1-2/h5-12,21-22,25H,13-16H2,1-2H3,(H,24,26);3-4H,1-2H3;1-2H2/b;4-3-;. The van der Waals surface area contributed by atoms with Gasteiger partial charge in [-0.25, -0.2) is 0 Å². The quantitative estimate of drug-likeness (QED) is 0.486.